The SMILES string of the molecule is COc1cc(-c2c(C)noc2C)nc(CC(C)N)n1. The third-order valence-electron chi connectivity index (χ3n) is 2.75. The minimum absolute atomic E-state index is 0.00961. The van der Waals surface area contributed by atoms with Gasteiger partial charge in [0.25, 0.3) is 0 Å². The second-order valence-electron chi connectivity index (χ2n) is 4.59. The molecule has 0 amide bonds. The standard InChI is InChI=1S/C13H18N4O2/c1-7(14)5-11-15-10(6-12(16-11)18-4)13-8(2)17-19-9(13)3/h6-7H,5,14H2,1-4H3. The van der Waals surface area contributed by atoms with Crippen molar-refractivity contribution >= 4 is 0 Å². The Morgan fingerprint density at radius 3 is 2.63 bits per heavy atom. The second-order valence-corrected chi connectivity index (χ2v) is 4.59. The van der Waals surface area contributed by atoms with E-state index in [0.29, 0.717) is 18.1 Å². The topological polar surface area (TPSA) is 87.1 Å². The number of rotatable bonds is 4. The van der Waals surface area contributed by atoms with E-state index in [1.807, 2.05) is 20.8 Å². The quantitative estimate of drug-likeness (QED) is 0.901. The first kappa shape index (κ1) is 13.5. The van der Waals surface area contributed by atoms with Crippen LogP contribution < -0.4 is 10.5 Å². The maximum absolute atomic E-state index is 5.79. The summed E-state index contributed by atoms with van der Waals surface area (Å²) in [5, 5.41) is 3.94. The van der Waals surface area contributed by atoms with Crippen LogP contribution in [0.15, 0.2) is 10.6 Å². The van der Waals surface area contributed by atoms with E-state index in [4.69, 9.17) is 15.0 Å². The molecule has 2 heterocycles. The van der Waals surface area contributed by atoms with Gasteiger partial charge in [0.1, 0.15) is 11.6 Å². The van der Waals surface area contributed by atoms with E-state index in [2.05, 4.69) is 15.1 Å². The van der Waals surface area contributed by atoms with Gasteiger partial charge in [-0.15, -0.1) is 0 Å². The van der Waals surface area contributed by atoms with Crippen LogP contribution in [0.2, 0.25) is 0 Å². The molecule has 0 saturated heterocycles. The Bertz CT molecular complexity index is 559. The zero-order valence-electron chi connectivity index (χ0n) is 11.6. The van der Waals surface area contributed by atoms with E-state index in [0.717, 1.165) is 22.7 Å². The number of aryl methyl sites for hydroxylation is 2. The predicted molar refractivity (Wildman–Crippen MR) is 70.9 cm³/mol. The molecule has 2 aromatic rings. The van der Waals surface area contributed by atoms with Gasteiger partial charge in [0, 0.05) is 18.5 Å². The lowest BCUT2D eigenvalue weighted by Gasteiger charge is -2.08. The molecule has 19 heavy (non-hydrogen) atoms. The van der Waals surface area contributed by atoms with Gasteiger partial charge in [-0.05, 0) is 20.8 Å². The van der Waals surface area contributed by atoms with Gasteiger partial charge in [-0.2, -0.15) is 4.98 Å². The number of nitrogens with zero attached hydrogens (tertiary/aromatic N) is 3. The third-order valence-corrected chi connectivity index (χ3v) is 2.75. The van der Waals surface area contributed by atoms with Crippen LogP contribution in [-0.2, 0) is 6.42 Å². The zero-order valence-corrected chi connectivity index (χ0v) is 11.6. The van der Waals surface area contributed by atoms with Gasteiger partial charge in [-0.3, -0.25) is 0 Å². The minimum atomic E-state index is -0.00961. The van der Waals surface area contributed by atoms with Crippen LogP contribution in [0.1, 0.15) is 24.2 Å². The molecule has 2 aromatic heterocycles. The highest BCUT2D eigenvalue weighted by atomic mass is 16.5. The van der Waals surface area contributed by atoms with Crippen LogP contribution in [-0.4, -0.2) is 28.3 Å². The smallest absolute Gasteiger partial charge is 0.216 e. The van der Waals surface area contributed by atoms with Gasteiger partial charge in [-0.1, -0.05) is 5.16 Å². The van der Waals surface area contributed by atoms with Crippen molar-refractivity contribution in [2.45, 2.75) is 33.2 Å². The van der Waals surface area contributed by atoms with Crippen LogP contribution in [0.5, 0.6) is 5.88 Å². The van der Waals surface area contributed by atoms with Gasteiger partial charge in [0.05, 0.1) is 24.1 Å². The minimum Gasteiger partial charge on any atom is -0.481 e. The van der Waals surface area contributed by atoms with Crippen molar-refractivity contribution in [3.63, 3.8) is 0 Å². The van der Waals surface area contributed by atoms with E-state index in [1.54, 1.807) is 13.2 Å². The lowest BCUT2D eigenvalue weighted by atomic mass is 10.1. The molecule has 0 aromatic carbocycles. The monoisotopic (exact) mass is 262 g/mol. The van der Waals surface area contributed by atoms with E-state index in [-0.39, 0.29) is 6.04 Å². The highest BCUT2D eigenvalue weighted by Crippen LogP contribution is 2.27. The fraction of sp³-hybridized carbons (Fsp3) is 0.462. The Balaban J connectivity index is 2.51. The van der Waals surface area contributed by atoms with Crippen molar-refractivity contribution in [1.82, 2.24) is 15.1 Å². The first-order chi connectivity index (χ1) is 9.01. The van der Waals surface area contributed by atoms with Crippen molar-refractivity contribution in [2.75, 3.05) is 7.11 Å². The van der Waals surface area contributed by atoms with Gasteiger partial charge in [-0.25, -0.2) is 4.98 Å². The summed E-state index contributed by atoms with van der Waals surface area (Å²) in [7, 11) is 1.58. The molecule has 0 fully saturated rings. The van der Waals surface area contributed by atoms with E-state index >= 15 is 0 Å². The third kappa shape index (κ3) is 2.90. The Hall–Kier alpha value is -1.95. The summed E-state index contributed by atoms with van der Waals surface area (Å²) in [6, 6.07) is 1.77. The average molecular weight is 262 g/mol. The highest BCUT2D eigenvalue weighted by Gasteiger charge is 2.16. The Labute approximate surface area is 112 Å². The van der Waals surface area contributed by atoms with Crippen LogP contribution >= 0.6 is 0 Å². The largest absolute Gasteiger partial charge is 0.481 e. The summed E-state index contributed by atoms with van der Waals surface area (Å²) in [6.07, 6.45) is 0.591. The van der Waals surface area contributed by atoms with Crippen LogP contribution in [0.25, 0.3) is 11.3 Å². The number of nitrogens with two attached hydrogens (primary N) is 1. The molecule has 0 bridgehead atoms. The lowest BCUT2D eigenvalue weighted by molar-refractivity contribution is 0.393. The number of aromatic nitrogens is 3. The van der Waals surface area contributed by atoms with Gasteiger partial charge < -0.3 is 15.0 Å². The molecule has 6 nitrogen and oxygen atoms in total. The van der Waals surface area contributed by atoms with Crippen molar-refractivity contribution < 1.29 is 9.26 Å². The summed E-state index contributed by atoms with van der Waals surface area (Å²) in [4.78, 5) is 8.81. The number of hydrogen-bond donors (Lipinski definition) is 1. The molecule has 0 aliphatic rings. The molecule has 1 atom stereocenters. The maximum Gasteiger partial charge on any atom is 0.216 e. The molecular formula is C13H18N4O2. The van der Waals surface area contributed by atoms with E-state index in [1.165, 1.54) is 0 Å². The zero-order chi connectivity index (χ0) is 14.0. The molecule has 0 saturated carbocycles. The van der Waals surface area contributed by atoms with Crippen molar-refractivity contribution in [3.8, 4) is 17.1 Å². The van der Waals surface area contributed by atoms with Crippen LogP contribution in [0.4, 0.5) is 0 Å². The van der Waals surface area contributed by atoms with E-state index in [9.17, 15) is 0 Å². The summed E-state index contributed by atoms with van der Waals surface area (Å²) in [5.74, 6) is 1.90. The molecular weight excluding hydrogens is 244 g/mol. The lowest BCUT2D eigenvalue weighted by Crippen LogP contribution is -2.19. The molecule has 0 aliphatic carbocycles. The first-order valence-electron chi connectivity index (χ1n) is 6.12. The Morgan fingerprint density at radius 1 is 1.37 bits per heavy atom. The second kappa shape index (κ2) is 5.36. The number of hydrogen-bond acceptors (Lipinski definition) is 6. The number of methoxy groups -OCH3 is 1. The molecule has 2 rings (SSSR count). The van der Waals surface area contributed by atoms with Crippen LogP contribution in [0.3, 0.4) is 0 Å². The summed E-state index contributed by atoms with van der Waals surface area (Å²) < 4.78 is 10.4. The van der Waals surface area contributed by atoms with Gasteiger partial charge in [0.15, 0.2) is 0 Å². The molecule has 0 spiro atoms. The van der Waals surface area contributed by atoms with Gasteiger partial charge in [0.2, 0.25) is 5.88 Å². The molecule has 0 aliphatic heterocycles. The molecule has 102 valence electrons. The summed E-state index contributed by atoms with van der Waals surface area (Å²) in [6.45, 7) is 5.65. The molecule has 0 radical (unpaired) electrons. The van der Waals surface area contributed by atoms with Crippen molar-refractivity contribution in [2.24, 2.45) is 5.73 Å². The highest BCUT2D eigenvalue weighted by molar-refractivity contribution is 5.64. The normalized spacial score (nSPS) is 12.5. The van der Waals surface area contributed by atoms with E-state index < -0.39 is 0 Å². The molecule has 6 heteroatoms. The summed E-state index contributed by atoms with van der Waals surface area (Å²) >= 11 is 0. The molecule has 2 N–H and O–H groups in total. The predicted octanol–water partition coefficient (Wildman–Crippen LogP) is 1.65. The fourth-order valence-electron chi connectivity index (χ4n) is 1.93. The Kier molecular flexibility index (Phi) is 3.80. The Morgan fingerprint density at radius 2 is 2.11 bits per heavy atom. The van der Waals surface area contributed by atoms with Crippen LogP contribution in [0, 0.1) is 13.8 Å². The fourth-order valence-corrected chi connectivity index (χ4v) is 1.93. The number of ether oxygens (including phenoxy) is 1. The maximum atomic E-state index is 5.79. The first-order valence-corrected chi connectivity index (χ1v) is 6.12. The van der Waals surface area contributed by atoms with Gasteiger partial charge >= 0.3 is 0 Å². The molecule has 1 unspecified atom stereocenters. The average Bonchev–Trinajstić information content (AvgIpc) is 2.67. The van der Waals surface area contributed by atoms with Crippen molar-refractivity contribution in [1.29, 1.82) is 0 Å². The summed E-state index contributed by atoms with van der Waals surface area (Å²) in [5.41, 5.74) is 8.22. The van der Waals surface area contributed by atoms with Crippen molar-refractivity contribution in [3.05, 3.63) is 23.3 Å².